The van der Waals surface area contributed by atoms with E-state index in [0.717, 1.165) is 10.9 Å². The summed E-state index contributed by atoms with van der Waals surface area (Å²) in [5.74, 6) is -0.427. The second-order valence-corrected chi connectivity index (χ2v) is 9.12. The molecule has 0 bridgehead atoms. The van der Waals surface area contributed by atoms with Gasteiger partial charge in [0.05, 0.1) is 34.6 Å². The molecule has 6 rings (SSSR count). The molecular weight excluding hydrogens is 440 g/mol. The van der Waals surface area contributed by atoms with E-state index in [-0.39, 0.29) is 24.2 Å². The van der Waals surface area contributed by atoms with E-state index in [9.17, 15) is 19.8 Å². The number of fused-ring (bicyclic) bond motifs is 6. The molecule has 3 aromatic rings. The zero-order valence-electron chi connectivity index (χ0n) is 18.8. The zero-order chi connectivity index (χ0) is 23.8. The summed E-state index contributed by atoms with van der Waals surface area (Å²) in [6.45, 7) is 4.30. The highest BCUT2D eigenvalue weighted by atomic mass is 16.6. The molecule has 3 atom stereocenters. The maximum Gasteiger partial charge on any atom is 0.335 e. The van der Waals surface area contributed by atoms with Crippen LogP contribution >= 0.6 is 0 Å². The van der Waals surface area contributed by atoms with Crippen molar-refractivity contribution < 1.29 is 29.2 Å². The number of pyridine rings is 2. The molecule has 1 aromatic carbocycles. The lowest BCUT2D eigenvalue weighted by atomic mass is 9.75. The molecule has 0 amide bonds. The van der Waals surface area contributed by atoms with Crippen molar-refractivity contribution in [2.45, 2.75) is 45.1 Å². The van der Waals surface area contributed by atoms with Crippen molar-refractivity contribution in [2.75, 3.05) is 13.2 Å². The SMILES string of the molecule is CCC1(O)c2cc3n(c(=O)c2COC(=O)C(O)C1C)Cc1cc2cc4c(cc2nc1-3)OCCO4. The van der Waals surface area contributed by atoms with E-state index in [0.29, 0.717) is 53.7 Å². The highest BCUT2D eigenvalue weighted by Gasteiger charge is 2.46. The van der Waals surface area contributed by atoms with E-state index in [1.807, 2.05) is 18.2 Å². The minimum absolute atomic E-state index is 0.204. The van der Waals surface area contributed by atoms with Crippen LogP contribution in [0.3, 0.4) is 0 Å². The van der Waals surface area contributed by atoms with Crippen LogP contribution in [-0.4, -0.2) is 45.1 Å². The predicted molar refractivity (Wildman–Crippen MR) is 121 cm³/mol. The fourth-order valence-electron chi connectivity index (χ4n) is 5.29. The van der Waals surface area contributed by atoms with Crippen molar-refractivity contribution in [3.63, 3.8) is 0 Å². The average molecular weight is 464 g/mol. The average Bonchev–Trinajstić information content (AvgIpc) is 3.20. The molecule has 5 heterocycles. The van der Waals surface area contributed by atoms with E-state index in [1.165, 1.54) is 0 Å². The van der Waals surface area contributed by atoms with Gasteiger partial charge in [0.25, 0.3) is 5.56 Å². The number of esters is 1. The van der Waals surface area contributed by atoms with Crippen LogP contribution in [0.2, 0.25) is 0 Å². The maximum absolute atomic E-state index is 13.6. The molecule has 9 nitrogen and oxygen atoms in total. The molecule has 2 aromatic heterocycles. The van der Waals surface area contributed by atoms with Crippen LogP contribution in [0, 0.1) is 5.92 Å². The number of cyclic esters (lactones) is 1. The normalized spacial score (nSPS) is 25.1. The van der Waals surface area contributed by atoms with Crippen LogP contribution in [-0.2, 0) is 28.3 Å². The van der Waals surface area contributed by atoms with Gasteiger partial charge in [-0.15, -0.1) is 0 Å². The van der Waals surface area contributed by atoms with Crippen LogP contribution in [0.5, 0.6) is 11.5 Å². The molecule has 0 radical (unpaired) electrons. The molecule has 0 saturated heterocycles. The summed E-state index contributed by atoms with van der Waals surface area (Å²) in [5.41, 5.74) is 1.45. The smallest absolute Gasteiger partial charge is 0.335 e. The summed E-state index contributed by atoms with van der Waals surface area (Å²) in [7, 11) is 0. The lowest BCUT2D eigenvalue weighted by Gasteiger charge is -2.38. The van der Waals surface area contributed by atoms with Crippen LogP contribution in [0.15, 0.2) is 29.1 Å². The van der Waals surface area contributed by atoms with Crippen LogP contribution in [0.25, 0.3) is 22.3 Å². The molecule has 2 N–H and O–H groups in total. The summed E-state index contributed by atoms with van der Waals surface area (Å²) < 4.78 is 18.2. The number of ether oxygens (including phenoxy) is 3. The lowest BCUT2D eigenvalue weighted by Crippen LogP contribution is -2.47. The van der Waals surface area contributed by atoms with Gasteiger partial charge in [-0.05, 0) is 30.2 Å². The Bertz CT molecular complexity index is 1430. The monoisotopic (exact) mass is 464 g/mol. The van der Waals surface area contributed by atoms with E-state index >= 15 is 0 Å². The summed E-state index contributed by atoms with van der Waals surface area (Å²) in [4.78, 5) is 30.7. The first kappa shape index (κ1) is 21.1. The number of aliphatic hydroxyl groups excluding tert-OH is 1. The van der Waals surface area contributed by atoms with Gasteiger partial charge in [-0.25, -0.2) is 9.78 Å². The number of benzene rings is 1. The number of carbonyl (C=O) groups excluding carboxylic acids is 1. The zero-order valence-corrected chi connectivity index (χ0v) is 18.8. The van der Waals surface area contributed by atoms with E-state index < -0.39 is 23.6 Å². The van der Waals surface area contributed by atoms with Gasteiger partial charge in [0.15, 0.2) is 17.6 Å². The van der Waals surface area contributed by atoms with Crippen LogP contribution in [0.4, 0.5) is 0 Å². The molecule has 0 spiro atoms. The third kappa shape index (κ3) is 2.83. The highest BCUT2D eigenvalue weighted by Crippen LogP contribution is 2.42. The van der Waals surface area contributed by atoms with Crippen molar-refractivity contribution in [2.24, 2.45) is 5.92 Å². The highest BCUT2D eigenvalue weighted by molar-refractivity contribution is 5.87. The largest absolute Gasteiger partial charge is 0.486 e. The summed E-state index contributed by atoms with van der Waals surface area (Å²) in [6, 6.07) is 7.46. The third-order valence-electron chi connectivity index (χ3n) is 7.36. The van der Waals surface area contributed by atoms with Gasteiger partial charge in [-0.1, -0.05) is 13.8 Å². The van der Waals surface area contributed by atoms with Gasteiger partial charge < -0.3 is 29.0 Å². The third-order valence-corrected chi connectivity index (χ3v) is 7.36. The van der Waals surface area contributed by atoms with E-state index in [1.54, 1.807) is 24.5 Å². The van der Waals surface area contributed by atoms with Gasteiger partial charge in [0.1, 0.15) is 19.8 Å². The van der Waals surface area contributed by atoms with Crippen LogP contribution in [0.1, 0.15) is 37.0 Å². The number of hydrogen-bond acceptors (Lipinski definition) is 8. The van der Waals surface area contributed by atoms with Crippen LogP contribution < -0.4 is 15.0 Å². The molecule has 0 aliphatic carbocycles. The van der Waals surface area contributed by atoms with Crippen molar-refractivity contribution in [3.8, 4) is 22.9 Å². The van der Waals surface area contributed by atoms with Gasteiger partial charge >= 0.3 is 5.97 Å². The lowest BCUT2D eigenvalue weighted by molar-refractivity contribution is -0.168. The Kier molecular flexibility index (Phi) is 4.53. The number of nitrogens with zero attached hydrogens (tertiary/aromatic N) is 2. The number of aliphatic hydroxyl groups is 2. The standard InChI is InChI=1S/C25H24N2O7/c1-3-25(31)12(2)22(28)24(30)34-11-15-16(25)8-18-21-14(10-27(18)23(15)29)6-13-7-19-20(9-17(13)26-21)33-5-4-32-19/h6-9,12,22,28,31H,3-5,10-11H2,1-2H3. The second-order valence-electron chi connectivity index (χ2n) is 9.12. The number of carbonyl (C=O) groups is 1. The summed E-state index contributed by atoms with van der Waals surface area (Å²) >= 11 is 0. The molecule has 176 valence electrons. The maximum atomic E-state index is 13.6. The Morgan fingerprint density at radius 2 is 1.85 bits per heavy atom. The Hall–Kier alpha value is -3.43. The fourth-order valence-corrected chi connectivity index (χ4v) is 5.29. The number of rotatable bonds is 1. The molecule has 3 unspecified atom stereocenters. The number of aromatic nitrogens is 2. The first-order valence-electron chi connectivity index (χ1n) is 11.4. The summed E-state index contributed by atoms with van der Waals surface area (Å²) in [5, 5.41) is 22.9. The topological polar surface area (TPSA) is 120 Å². The summed E-state index contributed by atoms with van der Waals surface area (Å²) in [6.07, 6.45) is -1.30. The minimum atomic E-state index is -1.59. The van der Waals surface area contributed by atoms with Gasteiger partial charge in [0.2, 0.25) is 0 Å². The minimum Gasteiger partial charge on any atom is -0.486 e. The van der Waals surface area contributed by atoms with Gasteiger partial charge in [-0.3, -0.25) is 4.79 Å². The number of hydrogen-bond donors (Lipinski definition) is 2. The Morgan fingerprint density at radius 3 is 2.59 bits per heavy atom. The van der Waals surface area contributed by atoms with Crippen molar-refractivity contribution in [3.05, 3.63) is 51.3 Å². The fraction of sp³-hybridized carbons (Fsp3) is 0.400. The Balaban J connectivity index is 1.57. The molecule has 0 fully saturated rings. The molecule has 34 heavy (non-hydrogen) atoms. The molecule has 9 heteroatoms. The predicted octanol–water partition coefficient (Wildman–Crippen LogP) is 1.85. The first-order chi connectivity index (χ1) is 16.3. The van der Waals surface area contributed by atoms with E-state index in [2.05, 4.69) is 0 Å². The molecule has 0 saturated carbocycles. The Morgan fingerprint density at radius 1 is 1.12 bits per heavy atom. The van der Waals surface area contributed by atoms with Crippen molar-refractivity contribution in [1.82, 2.24) is 9.55 Å². The van der Waals surface area contributed by atoms with Crippen molar-refractivity contribution >= 4 is 16.9 Å². The quantitative estimate of drug-likeness (QED) is 0.410. The van der Waals surface area contributed by atoms with Gasteiger partial charge in [0, 0.05) is 22.9 Å². The molecular formula is C25H24N2O7. The Labute approximate surface area is 194 Å². The van der Waals surface area contributed by atoms with Crippen molar-refractivity contribution in [1.29, 1.82) is 0 Å². The molecule has 3 aliphatic heterocycles. The first-order valence-corrected chi connectivity index (χ1v) is 11.4. The molecule has 3 aliphatic rings. The van der Waals surface area contributed by atoms with E-state index in [4.69, 9.17) is 19.2 Å². The van der Waals surface area contributed by atoms with Gasteiger partial charge in [-0.2, -0.15) is 0 Å². The second kappa shape index (κ2) is 7.28.